The standard InChI is InChI=1S/C14H19ClO2/c1-4-17-14(10(2)3)13(16)9-11-6-5-7-12(15)8-11/h5-8,10,14H,4,9H2,1-3H3. The molecule has 0 bridgehead atoms. The van der Waals surface area contributed by atoms with Crippen LogP contribution in [0.1, 0.15) is 26.3 Å². The summed E-state index contributed by atoms with van der Waals surface area (Å²) in [5, 5.41) is 0.660. The molecule has 0 N–H and O–H groups in total. The Kier molecular flexibility index (Phi) is 5.66. The Bertz CT molecular complexity index is 374. The molecule has 1 rings (SSSR count). The Morgan fingerprint density at radius 2 is 2.12 bits per heavy atom. The van der Waals surface area contributed by atoms with Gasteiger partial charge in [0.25, 0.3) is 0 Å². The van der Waals surface area contributed by atoms with Gasteiger partial charge in [-0.1, -0.05) is 37.6 Å². The molecule has 0 aliphatic carbocycles. The van der Waals surface area contributed by atoms with Crippen LogP contribution in [0.25, 0.3) is 0 Å². The first-order chi connectivity index (χ1) is 8.04. The molecule has 1 aromatic carbocycles. The van der Waals surface area contributed by atoms with Crippen molar-refractivity contribution < 1.29 is 9.53 Å². The van der Waals surface area contributed by atoms with Gasteiger partial charge in [-0.2, -0.15) is 0 Å². The van der Waals surface area contributed by atoms with E-state index in [1.807, 2.05) is 39.0 Å². The average Bonchev–Trinajstić information content (AvgIpc) is 2.25. The fourth-order valence-electron chi connectivity index (χ4n) is 1.79. The van der Waals surface area contributed by atoms with Crippen molar-refractivity contribution in [3.8, 4) is 0 Å². The number of rotatable bonds is 6. The zero-order valence-electron chi connectivity index (χ0n) is 10.6. The second-order valence-corrected chi connectivity index (χ2v) is 4.83. The maximum absolute atomic E-state index is 12.1. The lowest BCUT2D eigenvalue weighted by Crippen LogP contribution is -2.31. The largest absolute Gasteiger partial charge is 0.370 e. The van der Waals surface area contributed by atoms with Crippen LogP contribution in [0.2, 0.25) is 5.02 Å². The molecular weight excluding hydrogens is 236 g/mol. The van der Waals surface area contributed by atoms with E-state index in [0.717, 1.165) is 5.56 Å². The summed E-state index contributed by atoms with van der Waals surface area (Å²) in [6, 6.07) is 7.39. The van der Waals surface area contributed by atoms with E-state index in [-0.39, 0.29) is 17.8 Å². The molecule has 1 unspecified atom stereocenters. The summed E-state index contributed by atoms with van der Waals surface area (Å²) in [6.07, 6.45) is 0.0580. The highest BCUT2D eigenvalue weighted by atomic mass is 35.5. The minimum atomic E-state index is -0.320. The Balaban J connectivity index is 2.69. The van der Waals surface area contributed by atoms with Crippen molar-refractivity contribution >= 4 is 17.4 Å². The summed E-state index contributed by atoms with van der Waals surface area (Å²) in [6.45, 7) is 6.46. The third kappa shape index (κ3) is 4.49. The van der Waals surface area contributed by atoms with Gasteiger partial charge in [-0.05, 0) is 30.5 Å². The Hall–Kier alpha value is -0.860. The molecule has 0 aliphatic heterocycles. The fourth-order valence-corrected chi connectivity index (χ4v) is 2.00. The molecule has 0 spiro atoms. The predicted molar refractivity (Wildman–Crippen MR) is 70.4 cm³/mol. The van der Waals surface area contributed by atoms with E-state index in [1.165, 1.54) is 0 Å². The van der Waals surface area contributed by atoms with E-state index in [2.05, 4.69) is 0 Å². The molecule has 2 nitrogen and oxygen atoms in total. The molecule has 17 heavy (non-hydrogen) atoms. The van der Waals surface area contributed by atoms with E-state index < -0.39 is 0 Å². The zero-order valence-corrected chi connectivity index (χ0v) is 11.3. The number of Topliss-reactive ketones (excluding diaryl/α,β-unsaturated/α-hetero) is 1. The maximum Gasteiger partial charge on any atom is 0.166 e. The molecule has 0 aromatic heterocycles. The van der Waals surface area contributed by atoms with Crippen molar-refractivity contribution in [1.82, 2.24) is 0 Å². The van der Waals surface area contributed by atoms with Gasteiger partial charge >= 0.3 is 0 Å². The average molecular weight is 255 g/mol. The number of ether oxygens (including phenoxy) is 1. The van der Waals surface area contributed by atoms with Crippen LogP contribution in [0.3, 0.4) is 0 Å². The highest BCUT2D eigenvalue weighted by Gasteiger charge is 2.22. The van der Waals surface area contributed by atoms with Gasteiger partial charge in [-0.15, -0.1) is 0 Å². The fraction of sp³-hybridized carbons (Fsp3) is 0.500. The van der Waals surface area contributed by atoms with Gasteiger partial charge in [-0.25, -0.2) is 0 Å². The molecule has 0 amide bonds. The van der Waals surface area contributed by atoms with E-state index in [4.69, 9.17) is 16.3 Å². The van der Waals surface area contributed by atoms with Crippen LogP contribution in [0.15, 0.2) is 24.3 Å². The molecule has 0 saturated heterocycles. The van der Waals surface area contributed by atoms with Gasteiger partial charge in [-0.3, -0.25) is 4.79 Å². The van der Waals surface area contributed by atoms with Crippen LogP contribution in [-0.2, 0) is 16.0 Å². The smallest absolute Gasteiger partial charge is 0.166 e. The monoisotopic (exact) mass is 254 g/mol. The van der Waals surface area contributed by atoms with E-state index in [1.54, 1.807) is 6.07 Å². The Morgan fingerprint density at radius 1 is 1.41 bits per heavy atom. The van der Waals surface area contributed by atoms with Crippen molar-refractivity contribution in [2.24, 2.45) is 5.92 Å². The highest BCUT2D eigenvalue weighted by molar-refractivity contribution is 6.30. The molecule has 0 saturated carbocycles. The number of carbonyl (C=O) groups excluding carboxylic acids is 1. The van der Waals surface area contributed by atoms with Crippen molar-refractivity contribution in [3.05, 3.63) is 34.9 Å². The Labute approximate surface area is 108 Å². The number of benzene rings is 1. The number of hydrogen-bond donors (Lipinski definition) is 0. The summed E-state index contributed by atoms with van der Waals surface area (Å²) < 4.78 is 5.49. The van der Waals surface area contributed by atoms with E-state index in [0.29, 0.717) is 18.1 Å². The first-order valence-electron chi connectivity index (χ1n) is 5.93. The summed E-state index contributed by atoms with van der Waals surface area (Å²) in [5.41, 5.74) is 0.938. The van der Waals surface area contributed by atoms with Crippen molar-refractivity contribution in [2.75, 3.05) is 6.61 Å². The first-order valence-corrected chi connectivity index (χ1v) is 6.31. The number of carbonyl (C=O) groups is 1. The van der Waals surface area contributed by atoms with Crippen LogP contribution >= 0.6 is 11.6 Å². The minimum absolute atomic E-state index is 0.115. The topological polar surface area (TPSA) is 26.3 Å². The lowest BCUT2D eigenvalue weighted by molar-refractivity contribution is -0.132. The molecule has 0 heterocycles. The number of ketones is 1. The zero-order chi connectivity index (χ0) is 12.8. The molecular formula is C14H19ClO2. The lowest BCUT2D eigenvalue weighted by Gasteiger charge is -2.19. The first kappa shape index (κ1) is 14.2. The van der Waals surface area contributed by atoms with Crippen molar-refractivity contribution in [2.45, 2.75) is 33.3 Å². The number of halogens is 1. The van der Waals surface area contributed by atoms with Gasteiger partial charge in [0.05, 0.1) is 0 Å². The van der Waals surface area contributed by atoms with Crippen molar-refractivity contribution in [3.63, 3.8) is 0 Å². The van der Waals surface area contributed by atoms with Gasteiger partial charge in [0.2, 0.25) is 0 Å². The van der Waals surface area contributed by atoms with Crippen LogP contribution in [-0.4, -0.2) is 18.5 Å². The predicted octanol–water partition coefficient (Wildman–Crippen LogP) is 3.51. The van der Waals surface area contributed by atoms with Crippen LogP contribution in [0.4, 0.5) is 0 Å². The Morgan fingerprint density at radius 3 is 2.65 bits per heavy atom. The van der Waals surface area contributed by atoms with Gasteiger partial charge in [0.1, 0.15) is 6.10 Å². The molecule has 94 valence electrons. The molecule has 1 aromatic rings. The normalized spacial score (nSPS) is 12.8. The quantitative estimate of drug-likeness (QED) is 0.777. The third-order valence-corrected chi connectivity index (χ3v) is 2.77. The lowest BCUT2D eigenvalue weighted by atomic mass is 9.98. The summed E-state index contributed by atoms with van der Waals surface area (Å²) in [4.78, 5) is 12.1. The van der Waals surface area contributed by atoms with E-state index in [9.17, 15) is 4.79 Å². The molecule has 1 atom stereocenters. The van der Waals surface area contributed by atoms with Crippen LogP contribution < -0.4 is 0 Å². The van der Waals surface area contributed by atoms with Gasteiger partial charge < -0.3 is 4.74 Å². The molecule has 0 aliphatic rings. The second kappa shape index (κ2) is 6.77. The minimum Gasteiger partial charge on any atom is -0.370 e. The summed E-state index contributed by atoms with van der Waals surface area (Å²) >= 11 is 5.89. The second-order valence-electron chi connectivity index (χ2n) is 4.39. The van der Waals surface area contributed by atoms with Gasteiger partial charge in [0, 0.05) is 18.1 Å². The third-order valence-electron chi connectivity index (χ3n) is 2.54. The van der Waals surface area contributed by atoms with Crippen LogP contribution in [0.5, 0.6) is 0 Å². The van der Waals surface area contributed by atoms with Gasteiger partial charge in [0.15, 0.2) is 5.78 Å². The summed E-state index contributed by atoms with van der Waals surface area (Å²) in [7, 11) is 0. The highest BCUT2D eigenvalue weighted by Crippen LogP contribution is 2.15. The van der Waals surface area contributed by atoms with Crippen LogP contribution in [0, 0.1) is 5.92 Å². The van der Waals surface area contributed by atoms with Crippen molar-refractivity contribution in [1.29, 1.82) is 0 Å². The molecule has 3 heteroatoms. The maximum atomic E-state index is 12.1. The molecule has 0 fully saturated rings. The SMILES string of the molecule is CCOC(C(=O)Cc1cccc(Cl)c1)C(C)C. The molecule has 0 radical (unpaired) electrons. The number of hydrogen-bond acceptors (Lipinski definition) is 2. The summed E-state index contributed by atoms with van der Waals surface area (Å²) in [5.74, 6) is 0.311. The van der Waals surface area contributed by atoms with E-state index >= 15 is 0 Å².